The van der Waals surface area contributed by atoms with Crippen LogP contribution in [0.25, 0.3) is 0 Å². The van der Waals surface area contributed by atoms with Crippen molar-refractivity contribution < 1.29 is 13.2 Å². The second kappa shape index (κ2) is 4.80. The first kappa shape index (κ1) is 11.4. The molecule has 2 saturated heterocycles. The molecule has 1 atom stereocenters. The highest BCUT2D eigenvalue weighted by Crippen LogP contribution is 2.18. The van der Waals surface area contributed by atoms with E-state index in [4.69, 9.17) is 4.74 Å². The molecule has 2 aliphatic heterocycles. The fourth-order valence-electron chi connectivity index (χ4n) is 2.27. The van der Waals surface area contributed by atoms with Crippen molar-refractivity contribution >= 4 is 9.84 Å². The summed E-state index contributed by atoms with van der Waals surface area (Å²) in [5, 5.41) is 3.46. The van der Waals surface area contributed by atoms with E-state index in [2.05, 4.69) is 5.32 Å². The molecular weight excluding hydrogens is 214 g/mol. The molecule has 0 aliphatic carbocycles. The molecule has 15 heavy (non-hydrogen) atoms. The second-order valence-electron chi connectivity index (χ2n) is 4.56. The molecule has 0 radical (unpaired) electrons. The quantitative estimate of drug-likeness (QED) is 0.756. The van der Waals surface area contributed by atoms with Gasteiger partial charge in [-0.1, -0.05) is 0 Å². The van der Waals surface area contributed by atoms with E-state index in [9.17, 15) is 8.42 Å². The van der Waals surface area contributed by atoms with Crippen LogP contribution < -0.4 is 5.32 Å². The van der Waals surface area contributed by atoms with Gasteiger partial charge in [-0.25, -0.2) is 8.42 Å². The summed E-state index contributed by atoms with van der Waals surface area (Å²) in [6, 6.07) is 0.530. The molecule has 2 rings (SSSR count). The van der Waals surface area contributed by atoms with Gasteiger partial charge in [0.05, 0.1) is 11.5 Å². The average molecular weight is 233 g/mol. The summed E-state index contributed by atoms with van der Waals surface area (Å²) in [7, 11) is -2.71. The monoisotopic (exact) mass is 233 g/mol. The lowest BCUT2D eigenvalue weighted by molar-refractivity contribution is 0.0772. The van der Waals surface area contributed by atoms with Gasteiger partial charge in [0, 0.05) is 19.3 Å². The Kier molecular flexibility index (Phi) is 3.64. The van der Waals surface area contributed by atoms with Gasteiger partial charge in [-0.2, -0.15) is 0 Å². The molecule has 0 aromatic rings. The largest absolute Gasteiger partial charge is 0.381 e. The van der Waals surface area contributed by atoms with Gasteiger partial charge in [0.25, 0.3) is 0 Å². The number of hydrogen-bond donors (Lipinski definition) is 1. The van der Waals surface area contributed by atoms with Gasteiger partial charge < -0.3 is 10.1 Å². The zero-order valence-corrected chi connectivity index (χ0v) is 9.76. The summed E-state index contributed by atoms with van der Waals surface area (Å²) in [5.74, 6) is 1.09. The van der Waals surface area contributed by atoms with Crippen molar-refractivity contribution in [1.82, 2.24) is 5.32 Å². The standard InChI is InChI=1S/C10H19NO3S/c12-15(13)6-3-9(8-15)7-11-10-1-4-14-5-2-10/h9-11H,1-8H2. The maximum absolute atomic E-state index is 11.2. The van der Waals surface area contributed by atoms with Crippen LogP contribution in [0, 0.1) is 5.92 Å². The minimum atomic E-state index is -2.71. The zero-order valence-electron chi connectivity index (χ0n) is 8.94. The minimum absolute atomic E-state index is 0.331. The van der Waals surface area contributed by atoms with Gasteiger partial charge in [-0.3, -0.25) is 0 Å². The molecule has 0 aromatic heterocycles. The van der Waals surface area contributed by atoms with Crippen LogP contribution in [-0.4, -0.2) is 45.7 Å². The van der Waals surface area contributed by atoms with E-state index in [-0.39, 0.29) is 0 Å². The number of nitrogens with one attached hydrogen (secondary N) is 1. The molecule has 2 heterocycles. The first-order valence-electron chi connectivity index (χ1n) is 5.67. The normalized spacial score (nSPS) is 31.9. The van der Waals surface area contributed by atoms with E-state index >= 15 is 0 Å². The van der Waals surface area contributed by atoms with E-state index in [1.165, 1.54) is 0 Å². The Hall–Kier alpha value is -0.130. The van der Waals surface area contributed by atoms with Crippen molar-refractivity contribution in [1.29, 1.82) is 0 Å². The van der Waals surface area contributed by atoms with Crippen molar-refractivity contribution in [2.45, 2.75) is 25.3 Å². The van der Waals surface area contributed by atoms with E-state index in [1.54, 1.807) is 0 Å². The van der Waals surface area contributed by atoms with Crippen molar-refractivity contribution in [3.05, 3.63) is 0 Å². The van der Waals surface area contributed by atoms with Crippen molar-refractivity contribution in [3.63, 3.8) is 0 Å². The summed E-state index contributed by atoms with van der Waals surface area (Å²) in [5.41, 5.74) is 0. The molecule has 2 fully saturated rings. The van der Waals surface area contributed by atoms with Gasteiger partial charge in [0.1, 0.15) is 0 Å². The molecular formula is C10H19NO3S. The molecule has 1 unspecified atom stereocenters. The second-order valence-corrected chi connectivity index (χ2v) is 6.79. The van der Waals surface area contributed by atoms with E-state index in [1.807, 2.05) is 0 Å². The summed E-state index contributed by atoms with van der Waals surface area (Å²) in [6.07, 6.45) is 2.94. The van der Waals surface area contributed by atoms with E-state index in [0.717, 1.165) is 39.0 Å². The summed E-state index contributed by atoms with van der Waals surface area (Å²) >= 11 is 0. The summed E-state index contributed by atoms with van der Waals surface area (Å²) in [4.78, 5) is 0. The third-order valence-corrected chi connectivity index (χ3v) is 5.08. The smallest absolute Gasteiger partial charge is 0.150 e. The summed E-state index contributed by atoms with van der Waals surface area (Å²) < 4.78 is 27.8. The van der Waals surface area contributed by atoms with Gasteiger partial charge >= 0.3 is 0 Å². The van der Waals surface area contributed by atoms with Gasteiger partial charge in [0.15, 0.2) is 9.84 Å². The first-order chi connectivity index (χ1) is 7.16. The summed E-state index contributed by atoms with van der Waals surface area (Å²) in [6.45, 7) is 2.52. The fourth-order valence-corrected chi connectivity index (χ4v) is 4.13. The number of rotatable bonds is 3. The van der Waals surface area contributed by atoms with Crippen LogP contribution in [0.4, 0.5) is 0 Å². The fraction of sp³-hybridized carbons (Fsp3) is 1.00. The molecule has 0 amide bonds. The number of ether oxygens (including phenoxy) is 1. The van der Waals surface area contributed by atoms with Crippen LogP contribution in [0.2, 0.25) is 0 Å². The van der Waals surface area contributed by atoms with Crippen LogP contribution >= 0.6 is 0 Å². The Labute approximate surface area is 91.3 Å². The predicted molar refractivity (Wildman–Crippen MR) is 58.6 cm³/mol. The van der Waals surface area contributed by atoms with Crippen LogP contribution in [0.5, 0.6) is 0 Å². The lowest BCUT2D eigenvalue weighted by atomic mass is 10.1. The Balaban J connectivity index is 1.70. The molecule has 0 spiro atoms. The third-order valence-electron chi connectivity index (χ3n) is 3.24. The molecule has 0 saturated carbocycles. The maximum atomic E-state index is 11.2. The van der Waals surface area contributed by atoms with E-state index in [0.29, 0.717) is 23.5 Å². The molecule has 4 nitrogen and oxygen atoms in total. The molecule has 5 heteroatoms. The zero-order chi connectivity index (χ0) is 10.7. The van der Waals surface area contributed by atoms with Crippen LogP contribution in [0.15, 0.2) is 0 Å². The topological polar surface area (TPSA) is 55.4 Å². The first-order valence-corrected chi connectivity index (χ1v) is 7.49. The van der Waals surface area contributed by atoms with Crippen LogP contribution in [0.3, 0.4) is 0 Å². The van der Waals surface area contributed by atoms with E-state index < -0.39 is 9.84 Å². The van der Waals surface area contributed by atoms with Crippen LogP contribution in [0.1, 0.15) is 19.3 Å². The molecule has 2 aliphatic rings. The van der Waals surface area contributed by atoms with Gasteiger partial charge in [-0.15, -0.1) is 0 Å². The lowest BCUT2D eigenvalue weighted by Gasteiger charge is -2.24. The van der Waals surface area contributed by atoms with Crippen molar-refractivity contribution in [2.75, 3.05) is 31.3 Å². The number of sulfone groups is 1. The molecule has 88 valence electrons. The highest BCUT2D eigenvalue weighted by atomic mass is 32.2. The number of hydrogen-bond acceptors (Lipinski definition) is 4. The van der Waals surface area contributed by atoms with Crippen molar-refractivity contribution in [3.8, 4) is 0 Å². The molecule has 0 aromatic carbocycles. The maximum Gasteiger partial charge on any atom is 0.150 e. The Morgan fingerprint density at radius 1 is 1.20 bits per heavy atom. The highest BCUT2D eigenvalue weighted by Gasteiger charge is 2.28. The minimum Gasteiger partial charge on any atom is -0.381 e. The predicted octanol–water partition coefficient (Wildman–Crippen LogP) is 0.190. The average Bonchev–Trinajstić information content (AvgIpc) is 2.57. The van der Waals surface area contributed by atoms with Gasteiger partial charge in [0.2, 0.25) is 0 Å². The molecule has 0 bridgehead atoms. The Morgan fingerprint density at radius 2 is 1.93 bits per heavy atom. The highest BCUT2D eigenvalue weighted by molar-refractivity contribution is 7.91. The third kappa shape index (κ3) is 3.43. The van der Waals surface area contributed by atoms with Gasteiger partial charge in [-0.05, 0) is 31.7 Å². The molecule has 1 N–H and O–H groups in total. The lowest BCUT2D eigenvalue weighted by Crippen LogP contribution is -2.37. The van der Waals surface area contributed by atoms with Crippen LogP contribution in [-0.2, 0) is 14.6 Å². The Morgan fingerprint density at radius 3 is 2.53 bits per heavy atom. The van der Waals surface area contributed by atoms with Crippen molar-refractivity contribution in [2.24, 2.45) is 5.92 Å². The SMILES string of the molecule is O=S1(=O)CCC(CNC2CCOCC2)C1. The Bertz CT molecular complexity index is 296.